The molecule has 4 atom stereocenters. The van der Waals surface area contributed by atoms with Gasteiger partial charge in [0.15, 0.2) is 0 Å². The van der Waals surface area contributed by atoms with Gasteiger partial charge in [0.25, 0.3) is 5.69 Å². The normalized spacial score (nSPS) is 23.8. The summed E-state index contributed by atoms with van der Waals surface area (Å²) in [6, 6.07) is 21.5. The molecule has 42 heavy (non-hydrogen) atoms. The summed E-state index contributed by atoms with van der Waals surface area (Å²) in [5.41, 5.74) is 4.50. The molecule has 0 unspecified atom stereocenters. The molecule has 2 aliphatic rings. The van der Waals surface area contributed by atoms with Gasteiger partial charge in [-0.25, -0.2) is 0 Å². The minimum atomic E-state index is -0.839. The summed E-state index contributed by atoms with van der Waals surface area (Å²) >= 11 is 0. The number of carbonyl (C=O) groups excluding carboxylic acids is 2. The van der Waals surface area contributed by atoms with Gasteiger partial charge >= 0.3 is 0 Å². The van der Waals surface area contributed by atoms with Crippen molar-refractivity contribution in [2.45, 2.75) is 83.6 Å². The molecule has 5 rings (SSSR count). The summed E-state index contributed by atoms with van der Waals surface area (Å²) in [4.78, 5) is 38.7. The van der Waals surface area contributed by atoms with Crippen LogP contribution in [0.25, 0.3) is 0 Å². The molecule has 0 bridgehead atoms. The zero-order valence-electron chi connectivity index (χ0n) is 25.0. The summed E-state index contributed by atoms with van der Waals surface area (Å²) in [7, 11) is 0. The standard InChI is InChI=1S/C35H41N3O4/c1-23(2)25-14-16-29-26(21-25)15-17-31-34(29,3)18-9-19-35(31,4)33(40)37-30(20-24-10-6-5-7-11-24)32(39)36-27-12-8-13-28(22-27)38(41)42/h5-8,10-14,16,21-23,30-31H,9,15,17-20H2,1-4H3,(H,36,39)(H,37,40)/t30-,31-,34-,35-/m1/s1. The van der Waals surface area contributed by atoms with Gasteiger partial charge in [-0.15, -0.1) is 0 Å². The summed E-state index contributed by atoms with van der Waals surface area (Å²) < 4.78 is 0. The molecule has 7 nitrogen and oxygen atoms in total. The summed E-state index contributed by atoms with van der Waals surface area (Å²) in [6.45, 7) is 8.85. The maximum absolute atomic E-state index is 14.3. The Hall–Kier alpha value is -4.00. The lowest BCUT2D eigenvalue weighted by Gasteiger charge is -2.54. The lowest BCUT2D eigenvalue weighted by Crippen LogP contribution is -2.58. The number of hydrogen-bond acceptors (Lipinski definition) is 4. The van der Waals surface area contributed by atoms with Crippen molar-refractivity contribution in [1.82, 2.24) is 5.32 Å². The Bertz CT molecular complexity index is 1490. The van der Waals surface area contributed by atoms with Gasteiger partial charge in [0.1, 0.15) is 6.04 Å². The van der Waals surface area contributed by atoms with Gasteiger partial charge in [-0.3, -0.25) is 19.7 Å². The molecule has 3 aromatic rings. The molecule has 0 spiro atoms. The third kappa shape index (κ3) is 5.69. The fraction of sp³-hybridized carbons (Fsp3) is 0.429. The average Bonchev–Trinajstić information content (AvgIpc) is 2.97. The van der Waals surface area contributed by atoms with Crippen LogP contribution in [0.2, 0.25) is 0 Å². The van der Waals surface area contributed by atoms with Crippen LogP contribution in [0.4, 0.5) is 11.4 Å². The first-order chi connectivity index (χ1) is 20.0. The van der Waals surface area contributed by atoms with Crippen LogP contribution in [0.5, 0.6) is 0 Å². The van der Waals surface area contributed by atoms with Crippen LogP contribution in [-0.4, -0.2) is 22.8 Å². The molecule has 0 saturated heterocycles. The van der Waals surface area contributed by atoms with Crippen molar-refractivity contribution in [1.29, 1.82) is 0 Å². The molecule has 2 amide bonds. The van der Waals surface area contributed by atoms with Crippen LogP contribution in [0, 0.1) is 21.4 Å². The highest BCUT2D eigenvalue weighted by molar-refractivity contribution is 5.98. The van der Waals surface area contributed by atoms with Crippen LogP contribution in [0.15, 0.2) is 72.8 Å². The number of rotatable bonds is 8. The van der Waals surface area contributed by atoms with Gasteiger partial charge in [-0.1, -0.05) is 88.7 Å². The van der Waals surface area contributed by atoms with E-state index in [9.17, 15) is 19.7 Å². The number of nitro groups is 1. The average molecular weight is 568 g/mol. The van der Waals surface area contributed by atoms with Crippen molar-refractivity contribution in [2.24, 2.45) is 11.3 Å². The number of aryl methyl sites for hydroxylation is 1. The maximum atomic E-state index is 14.3. The number of fused-ring (bicyclic) bond motifs is 3. The largest absolute Gasteiger partial charge is 0.343 e. The van der Waals surface area contributed by atoms with Crippen molar-refractivity contribution >= 4 is 23.2 Å². The molecular formula is C35H41N3O4. The minimum absolute atomic E-state index is 0.101. The Morgan fingerprint density at radius 1 is 1.00 bits per heavy atom. The molecule has 0 radical (unpaired) electrons. The number of nitrogens with one attached hydrogen (secondary N) is 2. The second kappa shape index (κ2) is 11.7. The molecule has 2 aliphatic carbocycles. The highest BCUT2D eigenvalue weighted by Crippen LogP contribution is 2.57. The van der Waals surface area contributed by atoms with E-state index in [4.69, 9.17) is 0 Å². The molecule has 0 aromatic heterocycles. The van der Waals surface area contributed by atoms with Crippen LogP contribution in [0.1, 0.15) is 81.5 Å². The lowest BCUT2D eigenvalue weighted by molar-refractivity contribution is -0.384. The number of nitrogens with zero attached hydrogens (tertiary/aromatic N) is 1. The topological polar surface area (TPSA) is 101 Å². The molecule has 7 heteroatoms. The van der Waals surface area contributed by atoms with Crippen LogP contribution in [-0.2, 0) is 27.8 Å². The highest BCUT2D eigenvalue weighted by Gasteiger charge is 2.55. The van der Waals surface area contributed by atoms with Gasteiger partial charge in [0.05, 0.1) is 10.3 Å². The van der Waals surface area contributed by atoms with E-state index in [0.717, 1.165) is 37.7 Å². The zero-order chi connectivity index (χ0) is 30.1. The summed E-state index contributed by atoms with van der Waals surface area (Å²) in [5.74, 6) is 0.118. The second-order valence-corrected chi connectivity index (χ2v) is 12.9. The molecule has 0 aliphatic heterocycles. The van der Waals surface area contributed by atoms with Gasteiger partial charge in [0.2, 0.25) is 11.8 Å². The predicted octanol–water partition coefficient (Wildman–Crippen LogP) is 7.09. The van der Waals surface area contributed by atoms with E-state index < -0.39 is 22.3 Å². The molecule has 3 aromatic carbocycles. The van der Waals surface area contributed by atoms with Crippen LogP contribution < -0.4 is 10.6 Å². The van der Waals surface area contributed by atoms with Crippen molar-refractivity contribution in [3.8, 4) is 0 Å². The van der Waals surface area contributed by atoms with Crippen LogP contribution >= 0.6 is 0 Å². The number of benzene rings is 3. The summed E-state index contributed by atoms with van der Waals surface area (Å²) in [5, 5.41) is 17.2. The van der Waals surface area contributed by atoms with E-state index >= 15 is 0 Å². The SMILES string of the molecule is CC(C)c1ccc2c(c1)CC[C@H]1[C@](C)(C(=O)N[C@H](Cc3ccccc3)C(=O)Nc3cccc([N+](=O)[O-])c3)CCC[C@]21C. The van der Waals surface area contributed by atoms with E-state index in [-0.39, 0.29) is 22.9 Å². The van der Waals surface area contributed by atoms with Crippen molar-refractivity contribution < 1.29 is 14.5 Å². The Morgan fingerprint density at radius 2 is 1.76 bits per heavy atom. The Morgan fingerprint density at radius 3 is 2.48 bits per heavy atom. The highest BCUT2D eigenvalue weighted by atomic mass is 16.6. The number of nitro benzene ring substituents is 1. The fourth-order valence-electron chi connectivity index (χ4n) is 7.45. The quantitative estimate of drug-likeness (QED) is 0.224. The Kier molecular flexibility index (Phi) is 8.22. The molecule has 1 saturated carbocycles. The van der Waals surface area contributed by atoms with Gasteiger partial charge in [-0.05, 0) is 71.3 Å². The van der Waals surface area contributed by atoms with Gasteiger partial charge in [0, 0.05) is 24.2 Å². The number of carbonyl (C=O) groups is 2. The van der Waals surface area contributed by atoms with Gasteiger partial charge in [-0.2, -0.15) is 0 Å². The molecule has 2 N–H and O–H groups in total. The number of non-ortho nitro benzene ring substituents is 1. The first-order valence-electron chi connectivity index (χ1n) is 15.0. The number of amides is 2. The van der Waals surface area contributed by atoms with Crippen molar-refractivity contribution in [3.63, 3.8) is 0 Å². The molecule has 1 fully saturated rings. The Balaban J connectivity index is 1.41. The van der Waals surface area contributed by atoms with Gasteiger partial charge < -0.3 is 10.6 Å². The predicted molar refractivity (Wildman–Crippen MR) is 165 cm³/mol. The number of hydrogen-bond donors (Lipinski definition) is 2. The lowest BCUT2D eigenvalue weighted by atomic mass is 9.49. The van der Waals surface area contributed by atoms with E-state index in [1.165, 1.54) is 34.9 Å². The first kappa shape index (κ1) is 29.5. The molecule has 220 valence electrons. The van der Waals surface area contributed by atoms with Crippen molar-refractivity contribution in [3.05, 3.63) is 105 Å². The third-order valence-electron chi connectivity index (χ3n) is 9.79. The van der Waals surface area contributed by atoms with Crippen LogP contribution in [0.3, 0.4) is 0 Å². The van der Waals surface area contributed by atoms with E-state index in [1.807, 2.05) is 30.3 Å². The molecular weight excluding hydrogens is 526 g/mol. The first-order valence-corrected chi connectivity index (χ1v) is 15.0. The maximum Gasteiger partial charge on any atom is 0.271 e. The fourth-order valence-corrected chi connectivity index (χ4v) is 7.45. The van der Waals surface area contributed by atoms with E-state index in [1.54, 1.807) is 6.07 Å². The van der Waals surface area contributed by atoms with E-state index in [2.05, 4.69) is 56.5 Å². The van der Waals surface area contributed by atoms with Crippen molar-refractivity contribution in [2.75, 3.05) is 5.32 Å². The third-order valence-corrected chi connectivity index (χ3v) is 9.79. The minimum Gasteiger partial charge on any atom is -0.343 e. The monoisotopic (exact) mass is 567 g/mol. The summed E-state index contributed by atoms with van der Waals surface area (Å²) in [6.07, 6.45) is 4.92. The number of anilines is 1. The second-order valence-electron chi connectivity index (χ2n) is 12.9. The Labute approximate surface area is 248 Å². The smallest absolute Gasteiger partial charge is 0.271 e. The van der Waals surface area contributed by atoms with E-state index in [0.29, 0.717) is 18.0 Å². The zero-order valence-corrected chi connectivity index (χ0v) is 25.0. The molecule has 0 heterocycles.